The molecule has 2 nitrogen and oxygen atoms in total. The number of unbranched alkanes of at least 4 members (excludes halogenated alkanes) is 2. The lowest BCUT2D eigenvalue weighted by Gasteiger charge is -2.25. The van der Waals surface area contributed by atoms with E-state index in [9.17, 15) is 4.39 Å². The van der Waals surface area contributed by atoms with Gasteiger partial charge in [0.15, 0.2) is 0 Å². The third-order valence-corrected chi connectivity index (χ3v) is 3.45. The zero-order chi connectivity index (χ0) is 14.8. The van der Waals surface area contributed by atoms with Gasteiger partial charge in [-0.2, -0.15) is 0 Å². The Hall–Kier alpha value is -1.09. The lowest BCUT2D eigenvalue weighted by molar-refractivity contribution is 0.617. The van der Waals surface area contributed by atoms with Gasteiger partial charge in [0.2, 0.25) is 0 Å². The number of hydrogen-bond acceptors (Lipinski definition) is 2. The second kappa shape index (κ2) is 9.76. The second-order valence-corrected chi connectivity index (χ2v) is 5.29. The normalized spacial score (nSPS) is 10.8. The Bertz CT molecular complexity index is 371. The molecule has 0 aromatic heterocycles. The van der Waals surface area contributed by atoms with Crippen LogP contribution in [0.3, 0.4) is 0 Å². The van der Waals surface area contributed by atoms with Gasteiger partial charge in [-0.1, -0.05) is 33.6 Å². The highest BCUT2D eigenvalue weighted by atomic mass is 19.1. The molecule has 1 aromatic rings. The van der Waals surface area contributed by atoms with Crippen LogP contribution >= 0.6 is 0 Å². The Morgan fingerprint density at radius 2 is 1.65 bits per heavy atom. The fraction of sp³-hybridized carbons (Fsp3) is 0.647. The van der Waals surface area contributed by atoms with Crippen LogP contribution in [0.15, 0.2) is 18.2 Å². The summed E-state index contributed by atoms with van der Waals surface area (Å²) in [5.74, 6) is -0.131. The van der Waals surface area contributed by atoms with Gasteiger partial charge in [-0.15, -0.1) is 0 Å². The summed E-state index contributed by atoms with van der Waals surface area (Å²) in [5, 5.41) is 3.26. The van der Waals surface area contributed by atoms with Gasteiger partial charge in [0, 0.05) is 25.3 Å². The molecule has 1 aromatic carbocycles. The summed E-state index contributed by atoms with van der Waals surface area (Å²) in [6.45, 7) is 10.1. The van der Waals surface area contributed by atoms with E-state index < -0.39 is 0 Å². The topological polar surface area (TPSA) is 15.3 Å². The van der Waals surface area contributed by atoms with E-state index in [1.807, 2.05) is 0 Å². The van der Waals surface area contributed by atoms with Gasteiger partial charge >= 0.3 is 0 Å². The van der Waals surface area contributed by atoms with Gasteiger partial charge in [-0.05, 0) is 43.1 Å². The highest BCUT2D eigenvalue weighted by Crippen LogP contribution is 2.20. The Morgan fingerprint density at radius 1 is 1.00 bits per heavy atom. The van der Waals surface area contributed by atoms with Crippen molar-refractivity contribution in [2.75, 3.05) is 24.5 Å². The molecular weight excluding hydrogens is 251 g/mol. The summed E-state index contributed by atoms with van der Waals surface area (Å²) in [5.41, 5.74) is 2.06. The van der Waals surface area contributed by atoms with Crippen molar-refractivity contribution in [3.63, 3.8) is 0 Å². The van der Waals surface area contributed by atoms with Gasteiger partial charge in [0.05, 0.1) is 0 Å². The van der Waals surface area contributed by atoms with Crippen molar-refractivity contribution >= 4 is 5.69 Å². The fourth-order valence-corrected chi connectivity index (χ4v) is 2.26. The minimum atomic E-state index is -0.131. The number of anilines is 1. The third-order valence-electron chi connectivity index (χ3n) is 3.45. The summed E-state index contributed by atoms with van der Waals surface area (Å²) >= 11 is 0. The molecule has 0 radical (unpaired) electrons. The maximum absolute atomic E-state index is 13.8. The molecule has 1 N–H and O–H groups in total. The van der Waals surface area contributed by atoms with Crippen LogP contribution in [0.2, 0.25) is 0 Å². The van der Waals surface area contributed by atoms with E-state index in [2.05, 4.69) is 37.1 Å². The van der Waals surface area contributed by atoms with E-state index in [-0.39, 0.29) is 5.82 Å². The zero-order valence-electron chi connectivity index (χ0n) is 13.2. The molecule has 3 heteroatoms. The molecular formula is C17H29FN2. The lowest BCUT2D eigenvalue weighted by Crippen LogP contribution is -2.26. The summed E-state index contributed by atoms with van der Waals surface area (Å²) in [7, 11) is 0. The van der Waals surface area contributed by atoms with E-state index in [1.54, 1.807) is 12.1 Å². The van der Waals surface area contributed by atoms with Crippen molar-refractivity contribution in [3.05, 3.63) is 29.6 Å². The first-order valence-corrected chi connectivity index (χ1v) is 7.96. The number of nitrogens with zero attached hydrogens (tertiary/aromatic N) is 1. The minimum Gasteiger partial charge on any atom is -0.371 e. The average Bonchev–Trinajstić information content (AvgIpc) is 2.44. The highest BCUT2D eigenvalue weighted by Gasteiger charge is 2.08. The van der Waals surface area contributed by atoms with Crippen LogP contribution in [0.25, 0.3) is 0 Å². The Kier molecular flexibility index (Phi) is 8.28. The smallest absolute Gasteiger partial charge is 0.125 e. The number of hydrogen-bond donors (Lipinski definition) is 1. The molecule has 0 atom stereocenters. The van der Waals surface area contributed by atoms with Crippen molar-refractivity contribution < 1.29 is 4.39 Å². The first-order valence-electron chi connectivity index (χ1n) is 7.96. The van der Waals surface area contributed by atoms with E-state index >= 15 is 0 Å². The summed E-state index contributed by atoms with van der Waals surface area (Å²) in [4.78, 5) is 2.32. The first-order chi connectivity index (χ1) is 9.71. The molecule has 0 fully saturated rings. The number of rotatable bonds is 10. The molecule has 0 spiro atoms. The van der Waals surface area contributed by atoms with Gasteiger partial charge in [-0.25, -0.2) is 4.39 Å². The van der Waals surface area contributed by atoms with Crippen LogP contribution in [0, 0.1) is 5.82 Å². The lowest BCUT2D eigenvalue weighted by atomic mass is 10.1. The Balaban J connectivity index is 2.83. The summed E-state index contributed by atoms with van der Waals surface area (Å²) in [6.07, 6.45) is 4.65. The average molecular weight is 280 g/mol. The van der Waals surface area contributed by atoms with Crippen LogP contribution in [0.1, 0.15) is 52.0 Å². The van der Waals surface area contributed by atoms with Crippen molar-refractivity contribution in [1.29, 1.82) is 0 Å². The minimum absolute atomic E-state index is 0.131. The molecule has 0 amide bonds. The summed E-state index contributed by atoms with van der Waals surface area (Å²) in [6, 6.07) is 5.42. The fourth-order valence-electron chi connectivity index (χ4n) is 2.26. The molecule has 0 saturated heterocycles. The molecule has 0 bridgehead atoms. The van der Waals surface area contributed by atoms with Gasteiger partial charge in [-0.3, -0.25) is 0 Å². The molecule has 114 valence electrons. The number of halogens is 1. The molecule has 1 rings (SSSR count). The highest BCUT2D eigenvalue weighted by molar-refractivity contribution is 5.49. The molecule has 0 aliphatic carbocycles. The van der Waals surface area contributed by atoms with Crippen LogP contribution in [0.4, 0.5) is 10.1 Å². The van der Waals surface area contributed by atoms with Crippen molar-refractivity contribution in [2.45, 2.75) is 53.0 Å². The predicted octanol–water partition coefficient (Wildman–Crippen LogP) is 4.34. The van der Waals surface area contributed by atoms with E-state index in [0.717, 1.165) is 50.3 Å². The zero-order valence-corrected chi connectivity index (χ0v) is 13.2. The SMILES string of the molecule is CCCCN(CCCC)c1cc(F)cc(CNCC)c1. The largest absolute Gasteiger partial charge is 0.371 e. The molecule has 0 unspecified atom stereocenters. The Labute approximate surface area is 123 Å². The molecule has 20 heavy (non-hydrogen) atoms. The second-order valence-electron chi connectivity index (χ2n) is 5.29. The number of benzene rings is 1. The van der Waals surface area contributed by atoms with Gasteiger partial charge < -0.3 is 10.2 Å². The van der Waals surface area contributed by atoms with E-state index in [1.165, 1.54) is 12.8 Å². The molecule has 0 aliphatic heterocycles. The number of nitrogens with one attached hydrogen (secondary N) is 1. The Morgan fingerprint density at radius 3 is 2.20 bits per heavy atom. The van der Waals surface area contributed by atoms with Gasteiger partial charge in [0.25, 0.3) is 0 Å². The van der Waals surface area contributed by atoms with Crippen LogP contribution in [0.5, 0.6) is 0 Å². The quantitative estimate of drug-likeness (QED) is 0.686. The third kappa shape index (κ3) is 5.91. The summed E-state index contributed by atoms with van der Waals surface area (Å²) < 4.78 is 13.8. The molecule has 0 saturated carbocycles. The van der Waals surface area contributed by atoms with Gasteiger partial charge in [0.1, 0.15) is 5.82 Å². The van der Waals surface area contributed by atoms with Crippen LogP contribution in [-0.2, 0) is 6.54 Å². The van der Waals surface area contributed by atoms with Crippen LogP contribution in [-0.4, -0.2) is 19.6 Å². The predicted molar refractivity (Wildman–Crippen MR) is 85.8 cm³/mol. The molecule has 0 aliphatic rings. The van der Waals surface area contributed by atoms with Crippen molar-refractivity contribution in [3.8, 4) is 0 Å². The van der Waals surface area contributed by atoms with Crippen molar-refractivity contribution in [1.82, 2.24) is 5.32 Å². The monoisotopic (exact) mass is 280 g/mol. The maximum atomic E-state index is 13.8. The van der Waals surface area contributed by atoms with Crippen LogP contribution < -0.4 is 10.2 Å². The van der Waals surface area contributed by atoms with E-state index in [4.69, 9.17) is 0 Å². The maximum Gasteiger partial charge on any atom is 0.125 e. The first kappa shape index (κ1) is 17.0. The van der Waals surface area contributed by atoms with E-state index in [0.29, 0.717) is 0 Å². The standard InChI is InChI=1S/C17H29FN2/c1-4-7-9-20(10-8-5-2)17-12-15(14-19-6-3)11-16(18)13-17/h11-13,19H,4-10,14H2,1-3H3. The van der Waals surface area contributed by atoms with Crippen molar-refractivity contribution in [2.24, 2.45) is 0 Å². The molecule has 0 heterocycles.